The normalized spacial score (nSPS) is 18.6. The highest BCUT2D eigenvalue weighted by atomic mass is 16.5. The van der Waals surface area contributed by atoms with Crippen LogP contribution in [0.1, 0.15) is 12.2 Å². The third-order valence-corrected chi connectivity index (χ3v) is 5.41. The van der Waals surface area contributed by atoms with Crippen molar-refractivity contribution in [2.45, 2.75) is 13.0 Å². The molecule has 1 unspecified atom stereocenters. The number of nitrogens with one attached hydrogen (secondary N) is 1. The van der Waals surface area contributed by atoms with Gasteiger partial charge in [-0.25, -0.2) is 0 Å². The summed E-state index contributed by atoms with van der Waals surface area (Å²) in [4.78, 5) is 41.9. The molecule has 0 spiro atoms. The van der Waals surface area contributed by atoms with Crippen LogP contribution >= 0.6 is 0 Å². The molecule has 2 amide bonds. The van der Waals surface area contributed by atoms with Gasteiger partial charge in [0.1, 0.15) is 5.75 Å². The Morgan fingerprint density at radius 1 is 1.19 bits per heavy atom. The molecule has 4 rings (SSSR count). The minimum atomic E-state index is -0.462. The summed E-state index contributed by atoms with van der Waals surface area (Å²) in [5.74, 6) is 0.746. The Labute approximate surface area is 185 Å². The predicted molar refractivity (Wildman–Crippen MR) is 115 cm³/mol. The second-order valence-corrected chi connectivity index (χ2v) is 7.46. The summed E-state index contributed by atoms with van der Waals surface area (Å²) in [5.41, 5.74) is 0.710. The van der Waals surface area contributed by atoms with Crippen molar-refractivity contribution in [2.24, 2.45) is 5.92 Å². The van der Waals surface area contributed by atoms with E-state index in [4.69, 9.17) is 14.2 Å². The number of benzene rings is 1. The smallest absolute Gasteiger partial charge is 0.321 e. The van der Waals surface area contributed by atoms with Crippen molar-refractivity contribution in [3.8, 4) is 11.8 Å². The second-order valence-electron chi connectivity index (χ2n) is 7.46. The van der Waals surface area contributed by atoms with Gasteiger partial charge in [0.15, 0.2) is 5.82 Å². The minimum absolute atomic E-state index is 0.102. The predicted octanol–water partition coefficient (Wildman–Crippen LogP) is 0.395. The van der Waals surface area contributed by atoms with Crippen LogP contribution in [0.2, 0.25) is 0 Å². The number of hydrogen-bond donors (Lipinski definition) is 1. The van der Waals surface area contributed by atoms with E-state index in [-0.39, 0.29) is 30.8 Å². The standard InChI is InChI=1S/C21H26N6O5/c1-30-16-5-3-4-15(11-16)27-13-14(10-18(27)28)19(29)22-12-17-23-20(25-21(24-17)31-2)26-6-8-32-9-7-26/h3-5,11,14H,6-10,12-13H2,1-2H3,(H,22,29). The molecule has 170 valence electrons. The molecular weight excluding hydrogens is 416 g/mol. The van der Waals surface area contributed by atoms with Crippen molar-refractivity contribution in [1.82, 2.24) is 20.3 Å². The van der Waals surface area contributed by atoms with Gasteiger partial charge in [-0.05, 0) is 12.1 Å². The largest absolute Gasteiger partial charge is 0.497 e. The number of carbonyl (C=O) groups excluding carboxylic acids is 2. The lowest BCUT2D eigenvalue weighted by Crippen LogP contribution is -2.38. The minimum Gasteiger partial charge on any atom is -0.497 e. The Balaban J connectivity index is 1.39. The van der Waals surface area contributed by atoms with Gasteiger partial charge in [0.2, 0.25) is 17.8 Å². The van der Waals surface area contributed by atoms with Gasteiger partial charge in [-0.15, -0.1) is 0 Å². The van der Waals surface area contributed by atoms with Crippen LogP contribution in [-0.4, -0.2) is 73.8 Å². The third kappa shape index (κ3) is 4.88. The molecule has 2 aromatic rings. The number of methoxy groups -OCH3 is 2. The summed E-state index contributed by atoms with van der Waals surface area (Å²) in [6.45, 7) is 2.95. The summed E-state index contributed by atoms with van der Waals surface area (Å²) < 4.78 is 15.8. The number of ether oxygens (including phenoxy) is 3. The van der Waals surface area contributed by atoms with Gasteiger partial charge in [0.05, 0.1) is 39.9 Å². The van der Waals surface area contributed by atoms with Crippen LogP contribution in [0.3, 0.4) is 0 Å². The monoisotopic (exact) mass is 442 g/mol. The van der Waals surface area contributed by atoms with Gasteiger partial charge < -0.3 is 29.3 Å². The van der Waals surface area contributed by atoms with Gasteiger partial charge in [-0.3, -0.25) is 9.59 Å². The van der Waals surface area contributed by atoms with E-state index in [2.05, 4.69) is 20.3 Å². The zero-order valence-electron chi connectivity index (χ0n) is 18.1. The molecule has 1 aromatic carbocycles. The van der Waals surface area contributed by atoms with E-state index in [0.29, 0.717) is 56.1 Å². The zero-order valence-corrected chi connectivity index (χ0v) is 18.1. The fraction of sp³-hybridized carbons (Fsp3) is 0.476. The van der Waals surface area contributed by atoms with Crippen LogP contribution in [0.5, 0.6) is 11.8 Å². The van der Waals surface area contributed by atoms with Gasteiger partial charge in [0, 0.05) is 37.8 Å². The number of hydrogen-bond acceptors (Lipinski definition) is 9. The molecular formula is C21H26N6O5. The van der Waals surface area contributed by atoms with Crippen molar-refractivity contribution in [3.05, 3.63) is 30.1 Å². The van der Waals surface area contributed by atoms with E-state index in [0.717, 1.165) is 0 Å². The van der Waals surface area contributed by atoms with E-state index >= 15 is 0 Å². The van der Waals surface area contributed by atoms with Crippen LogP contribution < -0.4 is 24.6 Å². The van der Waals surface area contributed by atoms with E-state index in [1.165, 1.54) is 7.11 Å². The summed E-state index contributed by atoms with van der Waals surface area (Å²) in [6.07, 6.45) is 0.141. The summed E-state index contributed by atoms with van der Waals surface area (Å²) >= 11 is 0. The Morgan fingerprint density at radius 3 is 2.75 bits per heavy atom. The van der Waals surface area contributed by atoms with Crippen molar-refractivity contribution in [1.29, 1.82) is 0 Å². The first-order chi connectivity index (χ1) is 15.6. The van der Waals surface area contributed by atoms with Crippen LogP contribution in [0.15, 0.2) is 24.3 Å². The van der Waals surface area contributed by atoms with Crippen LogP contribution in [0.25, 0.3) is 0 Å². The first-order valence-electron chi connectivity index (χ1n) is 10.4. The molecule has 0 saturated carbocycles. The maximum absolute atomic E-state index is 12.8. The molecule has 32 heavy (non-hydrogen) atoms. The van der Waals surface area contributed by atoms with Crippen molar-refractivity contribution in [3.63, 3.8) is 0 Å². The molecule has 1 N–H and O–H groups in total. The average molecular weight is 442 g/mol. The maximum atomic E-state index is 12.8. The Bertz CT molecular complexity index is 981. The fourth-order valence-corrected chi connectivity index (χ4v) is 3.68. The molecule has 2 saturated heterocycles. The topological polar surface area (TPSA) is 119 Å². The average Bonchev–Trinajstić information content (AvgIpc) is 3.24. The number of morpholine rings is 1. The molecule has 11 nitrogen and oxygen atoms in total. The zero-order chi connectivity index (χ0) is 22.5. The highest BCUT2D eigenvalue weighted by molar-refractivity contribution is 6.00. The molecule has 0 bridgehead atoms. The van der Waals surface area contributed by atoms with Gasteiger partial charge in [-0.1, -0.05) is 6.07 Å². The Morgan fingerprint density at radius 2 is 2.00 bits per heavy atom. The highest BCUT2D eigenvalue weighted by Crippen LogP contribution is 2.28. The number of amides is 2. The fourth-order valence-electron chi connectivity index (χ4n) is 3.68. The molecule has 11 heteroatoms. The van der Waals surface area contributed by atoms with E-state index < -0.39 is 5.92 Å². The lowest BCUT2D eigenvalue weighted by atomic mass is 10.1. The SMILES string of the molecule is COc1cccc(N2CC(C(=O)NCc3nc(OC)nc(N4CCOCC4)n3)CC2=O)c1. The van der Waals surface area contributed by atoms with Gasteiger partial charge in [0.25, 0.3) is 0 Å². The van der Waals surface area contributed by atoms with E-state index in [9.17, 15) is 9.59 Å². The third-order valence-electron chi connectivity index (χ3n) is 5.41. The Kier molecular flexibility index (Phi) is 6.64. The first kappa shape index (κ1) is 21.8. The molecule has 3 heterocycles. The van der Waals surface area contributed by atoms with Crippen molar-refractivity contribution in [2.75, 3.05) is 56.9 Å². The molecule has 2 aliphatic rings. The number of anilines is 2. The van der Waals surface area contributed by atoms with Gasteiger partial charge in [-0.2, -0.15) is 15.0 Å². The molecule has 0 aliphatic carbocycles. The lowest BCUT2D eigenvalue weighted by molar-refractivity contribution is -0.126. The molecule has 1 aromatic heterocycles. The quantitative estimate of drug-likeness (QED) is 0.650. The number of carbonyl (C=O) groups is 2. The summed E-state index contributed by atoms with van der Waals surface area (Å²) in [6, 6.07) is 7.41. The van der Waals surface area contributed by atoms with Crippen LogP contribution in [-0.2, 0) is 20.9 Å². The maximum Gasteiger partial charge on any atom is 0.321 e. The van der Waals surface area contributed by atoms with Crippen LogP contribution in [0.4, 0.5) is 11.6 Å². The number of aromatic nitrogens is 3. The first-order valence-corrected chi connectivity index (χ1v) is 10.4. The second kappa shape index (κ2) is 9.77. The van der Waals surface area contributed by atoms with E-state index in [1.807, 2.05) is 23.1 Å². The van der Waals surface area contributed by atoms with Crippen molar-refractivity contribution < 1.29 is 23.8 Å². The summed E-state index contributed by atoms with van der Waals surface area (Å²) in [7, 11) is 3.06. The Hall–Kier alpha value is -3.47. The number of nitrogens with zero attached hydrogens (tertiary/aromatic N) is 5. The number of rotatable bonds is 7. The van der Waals surface area contributed by atoms with E-state index in [1.54, 1.807) is 18.1 Å². The molecule has 2 aliphatic heterocycles. The molecule has 2 fully saturated rings. The van der Waals surface area contributed by atoms with Crippen LogP contribution in [0, 0.1) is 5.92 Å². The highest BCUT2D eigenvalue weighted by Gasteiger charge is 2.35. The van der Waals surface area contributed by atoms with Gasteiger partial charge >= 0.3 is 6.01 Å². The lowest BCUT2D eigenvalue weighted by Gasteiger charge is -2.26. The molecule has 1 atom stereocenters. The van der Waals surface area contributed by atoms with Crippen molar-refractivity contribution >= 4 is 23.5 Å². The molecule has 0 radical (unpaired) electrons. The summed E-state index contributed by atoms with van der Waals surface area (Å²) in [5, 5.41) is 2.84.